The van der Waals surface area contributed by atoms with Crippen LogP contribution in [-0.4, -0.2) is 9.13 Å². The maximum Gasteiger partial charge on any atom is 0.0541 e. The van der Waals surface area contributed by atoms with Gasteiger partial charge in [0.05, 0.1) is 22.1 Å². The van der Waals surface area contributed by atoms with Crippen LogP contribution in [0.1, 0.15) is 13.8 Å². The summed E-state index contributed by atoms with van der Waals surface area (Å²) in [4.78, 5) is 0. The molecule has 2 nitrogen and oxygen atoms in total. The van der Waals surface area contributed by atoms with Gasteiger partial charge >= 0.3 is 0 Å². The Hall–Kier alpha value is -4.30. The molecule has 0 unspecified atom stereocenters. The van der Waals surface area contributed by atoms with Crippen molar-refractivity contribution in [3.05, 3.63) is 121 Å². The van der Waals surface area contributed by atoms with Gasteiger partial charge in [-0.2, -0.15) is 0 Å². The minimum absolute atomic E-state index is 1.17. The van der Waals surface area contributed by atoms with Crippen molar-refractivity contribution in [1.82, 2.24) is 9.13 Å². The Bertz CT molecular complexity index is 1550. The number of rotatable bonds is 2. The van der Waals surface area contributed by atoms with Gasteiger partial charge in [0, 0.05) is 32.9 Å². The summed E-state index contributed by atoms with van der Waals surface area (Å²) in [5, 5.41) is 5.13. The summed E-state index contributed by atoms with van der Waals surface area (Å²) in [6, 6.07) is 43.5. The van der Waals surface area contributed by atoms with E-state index >= 15 is 0 Å². The topological polar surface area (TPSA) is 9.86 Å². The molecule has 0 amide bonds. The standard InChI is InChI=1S/C30H20N2.C2H6/c1-5-16-27-23(12-1)24-13-2-6-17-28(24)31(27)21-10-9-11-22(20-21)32-29-18-7-3-14-25(29)26-15-4-8-19-30(26)32;1-2/h1-20H;1-2H3. The van der Waals surface area contributed by atoms with Crippen LogP contribution >= 0.6 is 0 Å². The van der Waals surface area contributed by atoms with Gasteiger partial charge in [0.1, 0.15) is 0 Å². The van der Waals surface area contributed by atoms with E-state index in [0.717, 1.165) is 0 Å². The molecule has 0 radical (unpaired) electrons. The number of benzene rings is 5. The van der Waals surface area contributed by atoms with Crippen molar-refractivity contribution in [2.45, 2.75) is 13.8 Å². The largest absolute Gasteiger partial charge is 0.309 e. The van der Waals surface area contributed by atoms with Gasteiger partial charge in [-0.15, -0.1) is 0 Å². The Labute approximate surface area is 199 Å². The lowest BCUT2D eigenvalue weighted by Gasteiger charge is -2.12. The zero-order chi connectivity index (χ0) is 23.1. The van der Waals surface area contributed by atoms with Gasteiger partial charge in [-0.25, -0.2) is 0 Å². The monoisotopic (exact) mass is 438 g/mol. The highest BCUT2D eigenvalue weighted by atomic mass is 15.0. The van der Waals surface area contributed by atoms with Crippen LogP contribution in [-0.2, 0) is 0 Å². The molecule has 0 saturated heterocycles. The lowest BCUT2D eigenvalue weighted by atomic mass is 10.2. The van der Waals surface area contributed by atoms with Crippen LogP contribution in [0.25, 0.3) is 55.0 Å². The van der Waals surface area contributed by atoms with Crippen LogP contribution in [0.3, 0.4) is 0 Å². The molecule has 0 fully saturated rings. The fourth-order valence-corrected chi connectivity index (χ4v) is 5.17. The maximum absolute atomic E-state index is 2.38. The van der Waals surface area contributed by atoms with Crippen molar-refractivity contribution < 1.29 is 0 Å². The first-order valence-electron chi connectivity index (χ1n) is 12.0. The molecule has 7 rings (SSSR count). The van der Waals surface area contributed by atoms with E-state index in [9.17, 15) is 0 Å². The van der Waals surface area contributed by atoms with E-state index in [1.807, 2.05) is 13.8 Å². The zero-order valence-corrected chi connectivity index (χ0v) is 19.4. The summed E-state index contributed by atoms with van der Waals surface area (Å²) in [5.41, 5.74) is 7.26. The molecule has 164 valence electrons. The minimum atomic E-state index is 1.17. The number of fused-ring (bicyclic) bond motifs is 6. The van der Waals surface area contributed by atoms with Crippen LogP contribution in [0.5, 0.6) is 0 Å². The van der Waals surface area contributed by atoms with Gasteiger partial charge in [-0.3, -0.25) is 0 Å². The van der Waals surface area contributed by atoms with Crippen molar-refractivity contribution in [3.63, 3.8) is 0 Å². The second-order valence-corrected chi connectivity index (χ2v) is 8.26. The Balaban J connectivity index is 0.00000106. The Morgan fingerprint density at radius 1 is 0.353 bits per heavy atom. The lowest BCUT2D eigenvalue weighted by molar-refractivity contribution is 1.13. The first-order valence-corrected chi connectivity index (χ1v) is 12.0. The lowest BCUT2D eigenvalue weighted by Crippen LogP contribution is -1.98. The molecule has 0 aliphatic heterocycles. The summed E-state index contributed by atoms with van der Waals surface area (Å²) in [5.74, 6) is 0. The highest BCUT2D eigenvalue weighted by Gasteiger charge is 2.14. The molecule has 0 N–H and O–H groups in total. The summed E-state index contributed by atoms with van der Waals surface area (Å²) in [7, 11) is 0. The average molecular weight is 439 g/mol. The van der Waals surface area contributed by atoms with Crippen LogP contribution in [0.15, 0.2) is 121 Å². The molecule has 2 heteroatoms. The Kier molecular flexibility index (Phi) is 4.92. The minimum Gasteiger partial charge on any atom is -0.309 e. The van der Waals surface area contributed by atoms with Crippen molar-refractivity contribution in [2.24, 2.45) is 0 Å². The van der Waals surface area contributed by atoms with Gasteiger partial charge in [-0.1, -0.05) is 92.7 Å². The highest BCUT2D eigenvalue weighted by molar-refractivity contribution is 6.10. The third-order valence-electron chi connectivity index (χ3n) is 6.51. The molecular weight excluding hydrogens is 412 g/mol. The number of hydrogen-bond acceptors (Lipinski definition) is 0. The van der Waals surface area contributed by atoms with Crippen LogP contribution in [0.2, 0.25) is 0 Å². The molecule has 5 aromatic carbocycles. The predicted molar refractivity (Wildman–Crippen MR) is 146 cm³/mol. The number of nitrogens with zero attached hydrogens (tertiary/aromatic N) is 2. The fraction of sp³-hybridized carbons (Fsp3) is 0.0625. The van der Waals surface area contributed by atoms with Crippen molar-refractivity contribution in [3.8, 4) is 11.4 Å². The Morgan fingerprint density at radius 3 is 0.971 bits per heavy atom. The van der Waals surface area contributed by atoms with E-state index in [1.165, 1.54) is 55.0 Å². The molecule has 34 heavy (non-hydrogen) atoms. The first kappa shape index (κ1) is 20.3. The van der Waals surface area contributed by atoms with Gasteiger partial charge in [0.2, 0.25) is 0 Å². The van der Waals surface area contributed by atoms with Gasteiger partial charge in [0.15, 0.2) is 0 Å². The highest BCUT2D eigenvalue weighted by Crippen LogP contribution is 2.35. The molecule has 2 aromatic heterocycles. The van der Waals surface area contributed by atoms with Crippen LogP contribution in [0.4, 0.5) is 0 Å². The summed E-state index contributed by atoms with van der Waals surface area (Å²) >= 11 is 0. The second-order valence-electron chi connectivity index (χ2n) is 8.26. The van der Waals surface area contributed by atoms with Gasteiger partial charge in [0.25, 0.3) is 0 Å². The third kappa shape index (κ3) is 2.96. The van der Waals surface area contributed by atoms with E-state index < -0.39 is 0 Å². The smallest absolute Gasteiger partial charge is 0.0541 e. The number of aromatic nitrogens is 2. The SMILES string of the molecule is CC.c1cc(-n2c3ccccc3c3ccccc32)cc(-n2c3ccccc3c3ccccc32)c1. The molecule has 0 atom stereocenters. The van der Waals surface area contributed by atoms with E-state index in [2.05, 4.69) is 130 Å². The summed E-state index contributed by atoms with van der Waals surface area (Å²) in [6.45, 7) is 4.00. The molecule has 0 bridgehead atoms. The van der Waals surface area contributed by atoms with E-state index in [-0.39, 0.29) is 0 Å². The summed E-state index contributed by atoms with van der Waals surface area (Å²) < 4.78 is 4.75. The van der Waals surface area contributed by atoms with Crippen LogP contribution in [0, 0.1) is 0 Å². The van der Waals surface area contributed by atoms with Crippen molar-refractivity contribution in [1.29, 1.82) is 0 Å². The molecule has 0 aliphatic carbocycles. The zero-order valence-electron chi connectivity index (χ0n) is 19.4. The Morgan fingerprint density at radius 2 is 0.647 bits per heavy atom. The maximum atomic E-state index is 2.38. The summed E-state index contributed by atoms with van der Waals surface area (Å²) in [6.07, 6.45) is 0. The predicted octanol–water partition coefficient (Wildman–Crippen LogP) is 8.91. The number of para-hydroxylation sites is 4. The molecular formula is C32H26N2. The number of hydrogen-bond donors (Lipinski definition) is 0. The van der Waals surface area contributed by atoms with Crippen LogP contribution < -0.4 is 0 Å². The van der Waals surface area contributed by atoms with Gasteiger partial charge < -0.3 is 9.13 Å². The van der Waals surface area contributed by atoms with E-state index in [4.69, 9.17) is 0 Å². The molecule has 0 aliphatic rings. The average Bonchev–Trinajstić information content (AvgIpc) is 3.43. The molecule has 0 spiro atoms. The molecule has 7 aromatic rings. The van der Waals surface area contributed by atoms with E-state index in [0.29, 0.717) is 0 Å². The molecule has 0 saturated carbocycles. The third-order valence-corrected chi connectivity index (χ3v) is 6.51. The normalized spacial score (nSPS) is 11.2. The first-order chi connectivity index (χ1) is 16.9. The van der Waals surface area contributed by atoms with E-state index in [1.54, 1.807) is 0 Å². The molecule has 2 heterocycles. The second kappa shape index (κ2) is 8.24. The van der Waals surface area contributed by atoms with Crippen molar-refractivity contribution >= 4 is 43.6 Å². The quantitative estimate of drug-likeness (QED) is 0.255. The van der Waals surface area contributed by atoms with Crippen molar-refractivity contribution in [2.75, 3.05) is 0 Å². The fourth-order valence-electron chi connectivity index (χ4n) is 5.17. The van der Waals surface area contributed by atoms with Gasteiger partial charge in [-0.05, 0) is 42.5 Å².